The Morgan fingerprint density at radius 2 is 1.71 bits per heavy atom. The minimum absolute atomic E-state index is 0.118. The van der Waals surface area contributed by atoms with E-state index in [4.69, 9.17) is 4.74 Å². The number of rotatable bonds is 8. The summed E-state index contributed by atoms with van der Waals surface area (Å²) in [7, 11) is 0. The summed E-state index contributed by atoms with van der Waals surface area (Å²) in [4.78, 5) is 35.6. The van der Waals surface area contributed by atoms with Crippen LogP contribution >= 0.6 is 0 Å². The molecule has 7 heteroatoms. The predicted octanol–water partition coefficient (Wildman–Crippen LogP) is -0.383. The summed E-state index contributed by atoms with van der Waals surface area (Å²) in [5, 5.41) is 5.13. The van der Waals surface area contributed by atoms with E-state index in [1.54, 1.807) is 6.92 Å². The van der Waals surface area contributed by atoms with Crippen LogP contribution in [-0.2, 0) is 25.7 Å². The van der Waals surface area contributed by atoms with Gasteiger partial charge in [-0.05, 0) is 18.4 Å². The van der Waals surface area contributed by atoms with Gasteiger partial charge in [-0.15, -0.1) is 0 Å². The maximum atomic E-state index is 12.2. The lowest BCUT2D eigenvalue weighted by Gasteiger charge is -2.21. The number of benzene rings is 1. The summed E-state index contributed by atoms with van der Waals surface area (Å²) in [5.74, 6) is -1.38. The van der Waals surface area contributed by atoms with Crippen molar-refractivity contribution in [3.63, 3.8) is 0 Å². The number of hydrogen-bond donors (Lipinski definition) is 3. The predicted molar refractivity (Wildman–Crippen MR) is 88.4 cm³/mol. The molecule has 0 aromatic heterocycles. The molecule has 0 saturated carbocycles. The van der Waals surface area contributed by atoms with Crippen molar-refractivity contribution < 1.29 is 24.9 Å². The largest absolute Gasteiger partial charge is 0.460 e. The summed E-state index contributed by atoms with van der Waals surface area (Å²) in [6.07, 6.45) is 0. The standard InChI is InChI=1S/C17H25N3O4/c1-11(2)15(20-16(22)12(3)18)17(23)19-9-14(21)24-10-13-7-5-4-6-8-13/h4-8,11-12,15H,9-10,18H2,1-3H3,(H,19,23)(H,20,22)/p+1/t12-,15-/m1/s1. The zero-order chi connectivity index (χ0) is 18.1. The first-order valence-electron chi connectivity index (χ1n) is 7.92. The minimum Gasteiger partial charge on any atom is -0.460 e. The highest BCUT2D eigenvalue weighted by Gasteiger charge is 2.26. The van der Waals surface area contributed by atoms with E-state index in [0.717, 1.165) is 5.56 Å². The fourth-order valence-corrected chi connectivity index (χ4v) is 1.89. The first-order chi connectivity index (χ1) is 11.3. The van der Waals surface area contributed by atoms with Crippen molar-refractivity contribution in [1.82, 2.24) is 10.6 Å². The molecule has 2 atom stereocenters. The Morgan fingerprint density at radius 3 is 2.25 bits per heavy atom. The van der Waals surface area contributed by atoms with E-state index >= 15 is 0 Å². The molecule has 0 heterocycles. The van der Waals surface area contributed by atoms with E-state index < -0.39 is 24.0 Å². The van der Waals surface area contributed by atoms with E-state index in [9.17, 15) is 14.4 Å². The Labute approximate surface area is 141 Å². The molecule has 0 radical (unpaired) electrons. The van der Waals surface area contributed by atoms with E-state index in [-0.39, 0.29) is 25.0 Å². The van der Waals surface area contributed by atoms with Gasteiger partial charge in [0.2, 0.25) is 5.91 Å². The van der Waals surface area contributed by atoms with Crippen LogP contribution in [0.1, 0.15) is 26.3 Å². The van der Waals surface area contributed by atoms with Crippen molar-refractivity contribution in [2.24, 2.45) is 5.92 Å². The van der Waals surface area contributed by atoms with Gasteiger partial charge in [0.25, 0.3) is 5.91 Å². The number of hydrogen-bond acceptors (Lipinski definition) is 4. The van der Waals surface area contributed by atoms with Crippen LogP contribution in [0.3, 0.4) is 0 Å². The lowest BCUT2D eigenvalue weighted by molar-refractivity contribution is -0.398. The number of carbonyl (C=O) groups excluding carboxylic acids is 3. The van der Waals surface area contributed by atoms with Crippen LogP contribution in [0.5, 0.6) is 0 Å². The van der Waals surface area contributed by atoms with E-state index in [0.29, 0.717) is 0 Å². The molecule has 0 bridgehead atoms. The number of nitrogens with one attached hydrogen (secondary N) is 2. The summed E-state index contributed by atoms with van der Waals surface area (Å²) >= 11 is 0. The van der Waals surface area contributed by atoms with E-state index in [1.807, 2.05) is 44.2 Å². The second-order valence-electron chi connectivity index (χ2n) is 6.00. The molecule has 2 amide bonds. The normalized spacial score (nSPS) is 13.0. The third-order valence-corrected chi connectivity index (χ3v) is 3.34. The van der Waals surface area contributed by atoms with Crippen LogP contribution in [0.4, 0.5) is 0 Å². The molecule has 0 aliphatic heterocycles. The van der Waals surface area contributed by atoms with Crippen LogP contribution in [-0.4, -0.2) is 36.4 Å². The van der Waals surface area contributed by atoms with Gasteiger partial charge in [0.15, 0.2) is 6.04 Å². The number of quaternary nitrogens is 1. The molecule has 7 nitrogen and oxygen atoms in total. The van der Waals surface area contributed by atoms with Gasteiger partial charge in [0.05, 0.1) is 0 Å². The average Bonchev–Trinajstić information content (AvgIpc) is 2.55. The SMILES string of the molecule is CC(C)[C@@H](NC(=O)[C@@H](C)[NH3+])C(=O)NCC(=O)OCc1ccccc1. The molecule has 0 aliphatic rings. The van der Waals surface area contributed by atoms with Gasteiger partial charge in [-0.2, -0.15) is 0 Å². The van der Waals surface area contributed by atoms with Crippen LogP contribution in [0, 0.1) is 5.92 Å². The fourth-order valence-electron chi connectivity index (χ4n) is 1.89. The quantitative estimate of drug-likeness (QED) is 0.562. The highest BCUT2D eigenvalue weighted by Crippen LogP contribution is 2.03. The van der Waals surface area contributed by atoms with Crippen LogP contribution in [0.15, 0.2) is 30.3 Å². The summed E-state index contributed by atoms with van der Waals surface area (Å²) in [6, 6.07) is 8.08. The smallest absolute Gasteiger partial charge is 0.325 e. The molecule has 5 N–H and O–H groups in total. The second kappa shape index (κ2) is 9.67. The monoisotopic (exact) mass is 336 g/mol. The van der Waals surface area contributed by atoms with Gasteiger partial charge in [-0.1, -0.05) is 44.2 Å². The lowest BCUT2D eigenvalue weighted by atomic mass is 10.0. The zero-order valence-corrected chi connectivity index (χ0v) is 14.4. The topological polar surface area (TPSA) is 112 Å². The van der Waals surface area contributed by atoms with Gasteiger partial charge in [-0.3, -0.25) is 14.4 Å². The lowest BCUT2D eigenvalue weighted by Crippen LogP contribution is -2.67. The first-order valence-corrected chi connectivity index (χ1v) is 7.92. The molecule has 0 spiro atoms. The molecule has 132 valence electrons. The highest BCUT2D eigenvalue weighted by atomic mass is 16.5. The second-order valence-corrected chi connectivity index (χ2v) is 6.00. The molecule has 0 saturated heterocycles. The molecule has 0 aliphatic carbocycles. The number of carbonyl (C=O) groups is 3. The van der Waals surface area contributed by atoms with Crippen LogP contribution in [0.2, 0.25) is 0 Å². The van der Waals surface area contributed by atoms with Crippen molar-refractivity contribution in [2.45, 2.75) is 39.5 Å². The average molecular weight is 336 g/mol. The summed E-state index contributed by atoms with van der Waals surface area (Å²) < 4.78 is 5.09. The minimum atomic E-state index is -0.719. The molecular formula is C17H26N3O4+. The molecule has 0 fully saturated rings. The Morgan fingerprint density at radius 1 is 1.08 bits per heavy atom. The summed E-state index contributed by atoms with van der Waals surface area (Å²) in [5.41, 5.74) is 4.49. The van der Waals surface area contributed by atoms with E-state index in [1.165, 1.54) is 0 Å². The van der Waals surface area contributed by atoms with Crippen molar-refractivity contribution >= 4 is 17.8 Å². The molecule has 1 rings (SSSR count). The molecule has 1 aromatic carbocycles. The zero-order valence-electron chi connectivity index (χ0n) is 14.4. The number of esters is 1. The Kier molecular flexibility index (Phi) is 7.91. The number of amides is 2. The molecule has 1 aromatic rings. The van der Waals surface area contributed by atoms with Gasteiger partial charge in [0, 0.05) is 0 Å². The van der Waals surface area contributed by atoms with Gasteiger partial charge in [-0.25, -0.2) is 0 Å². The maximum absolute atomic E-state index is 12.2. The van der Waals surface area contributed by atoms with Crippen LogP contribution < -0.4 is 16.4 Å². The fraction of sp³-hybridized carbons (Fsp3) is 0.471. The van der Waals surface area contributed by atoms with Crippen molar-refractivity contribution in [3.8, 4) is 0 Å². The van der Waals surface area contributed by atoms with Gasteiger partial charge >= 0.3 is 5.97 Å². The molecule has 24 heavy (non-hydrogen) atoms. The Hall–Kier alpha value is -2.41. The van der Waals surface area contributed by atoms with Crippen molar-refractivity contribution in [1.29, 1.82) is 0 Å². The Balaban J connectivity index is 2.44. The first kappa shape index (κ1) is 19.6. The van der Waals surface area contributed by atoms with E-state index in [2.05, 4.69) is 16.4 Å². The van der Waals surface area contributed by atoms with Gasteiger partial charge in [0.1, 0.15) is 19.2 Å². The highest BCUT2D eigenvalue weighted by molar-refractivity contribution is 5.90. The Bertz CT molecular complexity index is 558. The molecule has 0 unspecified atom stereocenters. The third kappa shape index (κ3) is 6.78. The molecular weight excluding hydrogens is 310 g/mol. The van der Waals surface area contributed by atoms with Gasteiger partial charge < -0.3 is 21.1 Å². The van der Waals surface area contributed by atoms with Crippen molar-refractivity contribution in [2.75, 3.05) is 6.54 Å². The third-order valence-electron chi connectivity index (χ3n) is 3.34. The number of ether oxygens (including phenoxy) is 1. The van der Waals surface area contributed by atoms with Crippen LogP contribution in [0.25, 0.3) is 0 Å². The maximum Gasteiger partial charge on any atom is 0.325 e. The van der Waals surface area contributed by atoms with Crippen molar-refractivity contribution in [3.05, 3.63) is 35.9 Å². The summed E-state index contributed by atoms with van der Waals surface area (Å²) in [6.45, 7) is 5.17.